The highest BCUT2D eigenvalue weighted by Crippen LogP contribution is 2.30. The Labute approximate surface area is 143 Å². The predicted octanol–water partition coefficient (Wildman–Crippen LogP) is 2.89. The number of benzene rings is 2. The van der Waals surface area contributed by atoms with Crippen molar-refractivity contribution in [3.05, 3.63) is 53.6 Å². The number of halogens is 2. The molecule has 0 radical (unpaired) electrons. The molecular weight excluding hydrogens is 332 g/mol. The van der Waals surface area contributed by atoms with Crippen LogP contribution in [0.4, 0.5) is 8.78 Å². The molecule has 1 saturated heterocycles. The van der Waals surface area contributed by atoms with Crippen LogP contribution >= 0.6 is 0 Å². The molecule has 1 aliphatic heterocycles. The summed E-state index contributed by atoms with van der Waals surface area (Å²) < 4.78 is 43.7. The molecule has 0 bridgehead atoms. The zero-order valence-corrected chi connectivity index (χ0v) is 13.8. The van der Waals surface area contributed by atoms with Crippen LogP contribution < -0.4 is 14.2 Å². The van der Waals surface area contributed by atoms with Crippen molar-refractivity contribution in [1.82, 2.24) is 4.90 Å². The first-order valence-electron chi connectivity index (χ1n) is 7.65. The number of ether oxygens (including phenoxy) is 3. The molecule has 5 nitrogen and oxygen atoms in total. The minimum atomic E-state index is -0.948. The molecule has 0 aliphatic carbocycles. The third-order valence-electron chi connectivity index (χ3n) is 3.96. The second-order valence-electron chi connectivity index (χ2n) is 5.57. The molecule has 25 heavy (non-hydrogen) atoms. The number of nitrogens with zero attached hydrogens (tertiary/aromatic N) is 1. The van der Waals surface area contributed by atoms with E-state index in [0.29, 0.717) is 11.5 Å². The maximum atomic E-state index is 14.0. The van der Waals surface area contributed by atoms with E-state index in [2.05, 4.69) is 0 Å². The second-order valence-corrected chi connectivity index (χ2v) is 5.57. The zero-order chi connectivity index (χ0) is 18.0. The van der Waals surface area contributed by atoms with Gasteiger partial charge in [0.05, 0.1) is 27.3 Å². The maximum absolute atomic E-state index is 14.0. The molecule has 132 valence electrons. The molecule has 0 saturated carbocycles. The van der Waals surface area contributed by atoms with Gasteiger partial charge < -0.3 is 19.1 Å². The van der Waals surface area contributed by atoms with E-state index < -0.39 is 23.1 Å². The molecule has 1 amide bonds. The van der Waals surface area contributed by atoms with Crippen LogP contribution in [0.2, 0.25) is 0 Å². The third-order valence-corrected chi connectivity index (χ3v) is 3.96. The zero-order valence-electron chi connectivity index (χ0n) is 13.8. The molecular formula is C18H17F2NO4. The minimum Gasteiger partial charge on any atom is -0.497 e. The summed E-state index contributed by atoms with van der Waals surface area (Å²) >= 11 is 0. The van der Waals surface area contributed by atoms with Crippen molar-refractivity contribution in [2.75, 3.05) is 27.3 Å². The van der Waals surface area contributed by atoms with Crippen molar-refractivity contribution in [1.29, 1.82) is 0 Å². The molecule has 1 fully saturated rings. The van der Waals surface area contributed by atoms with Crippen LogP contribution in [0.3, 0.4) is 0 Å². The Morgan fingerprint density at radius 3 is 2.20 bits per heavy atom. The Bertz CT molecular complexity index is 767. The van der Waals surface area contributed by atoms with Crippen molar-refractivity contribution in [2.45, 2.75) is 6.10 Å². The van der Waals surface area contributed by atoms with Gasteiger partial charge in [-0.3, -0.25) is 4.79 Å². The van der Waals surface area contributed by atoms with Crippen LogP contribution in [-0.2, 0) is 0 Å². The topological polar surface area (TPSA) is 48.0 Å². The number of hydrogen-bond acceptors (Lipinski definition) is 4. The van der Waals surface area contributed by atoms with Crippen molar-refractivity contribution in [3.63, 3.8) is 0 Å². The van der Waals surface area contributed by atoms with E-state index in [1.54, 1.807) is 12.1 Å². The van der Waals surface area contributed by atoms with Gasteiger partial charge in [-0.2, -0.15) is 0 Å². The molecule has 7 heteroatoms. The summed E-state index contributed by atoms with van der Waals surface area (Å²) in [5.41, 5.74) is -0.587. The van der Waals surface area contributed by atoms with Crippen LogP contribution in [0.15, 0.2) is 36.4 Å². The predicted molar refractivity (Wildman–Crippen MR) is 86.2 cm³/mol. The highest BCUT2D eigenvalue weighted by atomic mass is 19.1. The number of amides is 1. The lowest BCUT2D eigenvalue weighted by molar-refractivity contribution is 0.0161. The molecule has 0 unspecified atom stereocenters. The van der Waals surface area contributed by atoms with E-state index in [0.717, 1.165) is 12.1 Å². The van der Waals surface area contributed by atoms with Gasteiger partial charge in [-0.15, -0.1) is 0 Å². The summed E-state index contributed by atoms with van der Waals surface area (Å²) in [6.07, 6.45) is -0.260. The average Bonchev–Trinajstić information content (AvgIpc) is 2.57. The highest BCUT2D eigenvalue weighted by molar-refractivity contribution is 5.95. The van der Waals surface area contributed by atoms with Gasteiger partial charge in [0.1, 0.15) is 29.1 Å². The largest absolute Gasteiger partial charge is 0.497 e. The smallest absolute Gasteiger partial charge is 0.260 e. The van der Waals surface area contributed by atoms with Crippen LogP contribution in [0.25, 0.3) is 0 Å². The van der Waals surface area contributed by atoms with Crippen molar-refractivity contribution < 1.29 is 27.8 Å². The van der Waals surface area contributed by atoms with Crippen molar-refractivity contribution >= 4 is 5.91 Å². The molecule has 2 aromatic rings. The van der Waals surface area contributed by atoms with Gasteiger partial charge in [-0.1, -0.05) is 12.1 Å². The van der Waals surface area contributed by atoms with Crippen molar-refractivity contribution in [3.8, 4) is 17.2 Å². The van der Waals surface area contributed by atoms with Gasteiger partial charge >= 0.3 is 0 Å². The van der Waals surface area contributed by atoms with Gasteiger partial charge in [0, 0.05) is 12.1 Å². The van der Waals surface area contributed by atoms with E-state index >= 15 is 0 Å². The molecule has 0 N–H and O–H groups in total. The Kier molecular flexibility index (Phi) is 4.74. The Hall–Kier alpha value is -2.83. The Morgan fingerprint density at radius 1 is 1.04 bits per heavy atom. The average molecular weight is 349 g/mol. The van der Waals surface area contributed by atoms with Gasteiger partial charge in [-0.05, 0) is 12.1 Å². The molecule has 0 aromatic heterocycles. The molecule has 3 rings (SSSR count). The number of methoxy groups -OCH3 is 2. The number of carbonyl (C=O) groups is 1. The molecule has 1 heterocycles. The summed E-state index contributed by atoms with van der Waals surface area (Å²) in [6, 6.07) is 9.11. The fraction of sp³-hybridized carbons (Fsp3) is 0.278. The van der Waals surface area contributed by atoms with E-state index in [1.807, 2.05) is 12.1 Å². The highest BCUT2D eigenvalue weighted by Gasteiger charge is 2.35. The van der Waals surface area contributed by atoms with Crippen LogP contribution in [0.1, 0.15) is 10.4 Å². The molecule has 0 atom stereocenters. The number of hydrogen-bond donors (Lipinski definition) is 0. The van der Waals surface area contributed by atoms with E-state index in [9.17, 15) is 13.6 Å². The molecule has 2 aromatic carbocycles. The number of carbonyl (C=O) groups excluding carboxylic acids is 1. The van der Waals surface area contributed by atoms with Gasteiger partial charge in [0.2, 0.25) is 0 Å². The standard InChI is InChI=1S/C18H17F2NO4/c1-23-11-7-13(19)17(14(20)8-11)18(22)21-9-12(10-21)25-16-6-4-3-5-15(16)24-2/h3-8,12H,9-10H2,1-2H3. The van der Waals surface area contributed by atoms with Gasteiger partial charge in [-0.25, -0.2) is 8.78 Å². The first kappa shape index (κ1) is 17.0. The summed E-state index contributed by atoms with van der Waals surface area (Å²) in [5, 5.41) is 0. The van der Waals surface area contributed by atoms with Crippen molar-refractivity contribution in [2.24, 2.45) is 0 Å². The van der Waals surface area contributed by atoms with E-state index in [1.165, 1.54) is 19.1 Å². The third kappa shape index (κ3) is 3.35. The number of para-hydroxylation sites is 2. The number of rotatable bonds is 5. The lowest BCUT2D eigenvalue weighted by atomic mass is 10.1. The van der Waals surface area contributed by atoms with Crippen LogP contribution in [-0.4, -0.2) is 44.2 Å². The first-order chi connectivity index (χ1) is 12.0. The quantitative estimate of drug-likeness (QED) is 0.833. The molecule has 0 spiro atoms. The maximum Gasteiger partial charge on any atom is 0.260 e. The summed E-state index contributed by atoms with van der Waals surface area (Å²) in [4.78, 5) is 13.6. The van der Waals surface area contributed by atoms with Crippen LogP contribution in [0.5, 0.6) is 17.2 Å². The fourth-order valence-electron chi connectivity index (χ4n) is 2.60. The monoisotopic (exact) mass is 349 g/mol. The fourth-order valence-corrected chi connectivity index (χ4v) is 2.60. The van der Waals surface area contributed by atoms with E-state index in [4.69, 9.17) is 14.2 Å². The SMILES string of the molecule is COc1cc(F)c(C(=O)N2CC(Oc3ccccc3OC)C2)c(F)c1. The lowest BCUT2D eigenvalue weighted by Crippen LogP contribution is -2.56. The Balaban J connectivity index is 1.66. The van der Waals surface area contributed by atoms with Crippen LogP contribution in [0, 0.1) is 11.6 Å². The minimum absolute atomic E-state index is 0.0209. The van der Waals surface area contributed by atoms with Gasteiger partial charge in [0.25, 0.3) is 5.91 Å². The summed E-state index contributed by atoms with van der Waals surface area (Å²) in [6.45, 7) is 0.476. The summed E-state index contributed by atoms with van der Waals surface area (Å²) in [7, 11) is 2.83. The number of likely N-dealkylation sites (tertiary alicyclic amines) is 1. The normalized spacial score (nSPS) is 14.0. The Morgan fingerprint density at radius 2 is 1.64 bits per heavy atom. The van der Waals surface area contributed by atoms with Gasteiger partial charge in [0.15, 0.2) is 11.5 Å². The molecule has 1 aliphatic rings. The summed E-state index contributed by atoms with van der Waals surface area (Å²) in [5.74, 6) is -1.44. The first-order valence-corrected chi connectivity index (χ1v) is 7.65. The lowest BCUT2D eigenvalue weighted by Gasteiger charge is -2.39. The van der Waals surface area contributed by atoms with E-state index in [-0.39, 0.29) is 24.9 Å². The second kappa shape index (κ2) is 6.96.